The fourth-order valence-corrected chi connectivity index (χ4v) is 5.46. The lowest BCUT2D eigenvalue weighted by Crippen LogP contribution is -2.42. The molecule has 0 unspecified atom stereocenters. The highest BCUT2D eigenvalue weighted by Crippen LogP contribution is 2.30. The van der Waals surface area contributed by atoms with E-state index in [0.29, 0.717) is 41.0 Å². The number of nitrogens with zero attached hydrogens (tertiary/aromatic N) is 1. The highest BCUT2D eigenvalue weighted by molar-refractivity contribution is 7.89. The van der Waals surface area contributed by atoms with E-state index in [0.717, 1.165) is 11.1 Å². The van der Waals surface area contributed by atoms with Crippen LogP contribution in [0.1, 0.15) is 44.7 Å². The van der Waals surface area contributed by atoms with Crippen LogP contribution < -0.4 is 0 Å². The monoisotopic (exact) mass is 455 g/mol. The average molecular weight is 456 g/mol. The Hall–Kier alpha value is -1.11. The van der Waals surface area contributed by atoms with Gasteiger partial charge in [0.25, 0.3) is 0 Å². The second kappa shape index (κ2) is 8.94. The molecule has 0 atom stereocenters. The zero-order valence-corrected chi connectivity index (χ0v) is 19.3. The van der Waals surface area contributed by atoms with Gasteiger partial charge in [-0.2, -0.15) is 4.31 Å². The minimum atomic E-state index is -3.68. The third-order valence-corrected chi connectivity index (χ3v) is 7.90. The van der Waals surface area contributed by atoms with E-state index >= 15 is 0 Å². The summed E-state index contributed by atoms with van der Waals surface area (Å²) in [5.41, 5.74) is 1.86. The van der Waals surface area contributed by atoms with Crippen molar-refractivity contribution in [2.75, 3.05) is 13.2 Å². The Kier molecular flexibility index (Phi) is 6.96. The maximum absolute atomic E-state index is 13.6. The molecular formula is C22H27Cl2NO3S. The normalized spacial score (nSPS) is 16.3. The summed E-state index contributed by atoms with van der Waals surface area (Å²) >= 11 is 12.2. The van der Waals surface area contributed by atoms with Gasteiger partial charge in [0.2, 0.25) is 10.0 Å². The van der Waals surface area contributed by atoms with Gasteiger partial charge in [0.15, 0.2) is 0 Å². The molecule has 1 aliphatic rings. The van der Waals surface area contributed by atoms with E-state index < -0.39 is 10.0 Å². The van der Waals surface area contributed by atoms with Crippen LogP contribution >= 0.6 is 23.2 Å². The maximum atomic E-state index is 13.6. The molecule has 0 amide bonds. The third kappa shape index (κ3) is 5.33. The molecule has 2 aromatic rings. The Morgan fingerprint density at radius 2 is 1.62 bits per heavy atom. The molecule has 0 aliphatic carbocycles. The summed E-state index contributed by atoms with van der Waals surface area (Å²) in [6, 6.07) is 12.3. The molecule has 2 aromatic carbocycles. The van der Waals surface area contributed by atoms with E-state index in [9.17, 15) is 8.42 Å². The molecule has 0 saturated carbocycles. The molecule has 0 bridgehead atoms. The summed E-state index contributed by atoms with van der Waals surface area (Å²) in [6.45, 7) is 7.67. The number of ether oxygens (including phenoxy) is 1. The topological polar surface area (TPSA) is 46.6 Å². The summed E-state index contributed by atoms with van der Waals surface area (Å²) in [5, 5.41) is 0.872. The van der Waals surface area contributed by atoms with Gasteiger partial charge in [0.05, 0.1) is 14.9 Å². The van der Waals surface area contributed by atoms with Gasteiger partial charge < -0.3 is 4.74 Å². The van der Waals surface area contributed by atoms with Gasteiger partial charge in [0.1, 0.15) is 0 Å². The molecule has 0 aromatic heterocycles. The fraction of sp³-hybridized carbons (Fsp3) is 0.455. The lowest BCUT2D eigenvalue weighted by atomic mass is 9.87. The molecule has 4 nitrogen and oxygen atoms in total. The van der Waals surface area contributed by atoms with E-state index in [1.807, 2.05) is 18.2 Å². The highest BCUT2D eigenvalue weighted by atomic mass is 35.5. The number of benzene rings is 2. The minimum Gasteiger partial charge on any atom is -0.381 e. The summed E-state index contributed by atoms with van der Waals surface area (Å²) in [7, 11) is -3.68. The number of hydrogen-bond acceptors (Lipinski definition) is 3. The van der Waals surface area contributed by atoms with Crippen molar-refractivity contribution in [3.63, 3.8) is 0 Å². The Bertz CT molecular complexity index is 947. The van der Waals surface area contributed by atoms with Gasteiger partial charge >= 0.3 is 0 Å². The van der Waals surface area contributed by atoms with E-state index in [4.69, 9.17) is 27.9 Å². The molecule has 1 heterocycles. The van der Waals surface area contributed by atoms with Crippen LogP contribution in [0.15, 0.2) is 47.4 Å². The summed E-state index contributed by atoms with van der Waals surface area (Å²) in [6.07, 6.45) is 1.33. The molecule has 1 fully saturated rings. The zero-order valence-electron chi connectivity index (χ0n) is 17.0. The van der Waals surface area contributed by atoms with Crippen molar-refractivity contribution in [2.24, 2.45) is 0 Å². The highest BCUT2D eigenvalue weighted by Gasteiger charge is 2.33. The number of hydrogen-bond donors (Lipinski definition) is 0. The van der Waals surface area contributed by atoms with E-state index in [1.54, 1.807) is 28.6 Å². The van der Waals surface area contributed by atoms with Crippen LogP contribution in [0.2, 0.25) is 10.0 Å². The van der Waals surface area contributed by atoms with Crippen molar-refractivity contribution < 1.29 is 13.2 Å². The Balaban J connectivity index is 1.96. The molecule has 158 valence electrons. The van der Waals surface area contributed by atoms with Crippen molar-refractivity contribution in [2.45, 2.75) is 56.5 Å². The van der Waals surface area contributed by atoms with Crippen molar-refractivity contribution in [1.29, 1.82) is 0 Å². The van der Waals surface area contributed by atoms with Gasteiger partial charge in [0, 0.05) is 25.8 Å². The lowest BCUT2D eigenvalue weighted by Gasteiger charge is -2.33. The second-order valence-corrected chi connectivity index (χ2v) is 11.1. The van der Waals surface area contributed by atoms with E-state index in [-0.39, 0.29) is 18.0 Å². The van der Waals surface area contributed by atoms with Gasteiger partial charge in [-0.3, -0.25) is 0 Å². The van der Waals surface area contributed by atoms with Gasteiger partial charge in [-0.25, -0.2) is 8.42 Å². The summed E-state index contributed by atoms with van der Waals surface area (Å²) in [4.78, 5) is 0.303. The average Bonchev–Trinajstić information content (AvgIpc) is 2.68. The first-order valence-electron chi connectivity index (χ1n) is 9.73. The van der Waals surface area contributed by atoms with Crippen molar-refractivity contribution in [3.8, 4) is 0 Å². The SMILES string of the molecule is CC(C)(C)c1ccc(S(=O)(=O)N(Cc2ccc(Cl)c(Cl)c2)C2CCOCC2)cc1. The minimum absolute atomic E-state index is 0.0389. The zero-order chi connectivity index (χ0) is 21.2. The molecule has 0 radical (unpaired) electrons. The first-order chi connectivity index (χ1) is 13.6. The molecule has 1 saturated heterocycles. The van der Waals surface area contributed by atoms with Crippen LogP contribution in [0.5, 0.6) is 0 Å². The van der Waals surface area contributed by atoms with Crippen molar-refractivity contribution in [3.05, 3.63) is 63.6 Å². The molecule has 0 N–H and O–H groups in total. The van der Waals surface area contributed by atoms with E-state index in [2.05, 4.69) is 20.8 Å². The smallest absolute Gasteiger partial charge is 0.243 e. The second-order valence-electron chi connectivity index (χ2n) is 8.42. The first-order valence-corrected chi connectivity index (χ1v) is 11.9. The summed E-state index contributed by atoms with van der Waals surface area (Å²) < 4.78 is 34.2. The maximum Gasteiger partial charge on any atom is 0.243 e. The van der Waals surface area contributed by atoms with Crippen LogP contribution in [0, 0.1) is 0 Å². The predicted octanol–water partition coefficient (Wildman–Crippen LogP) is 5.66. The number of halogens is 2. The molecule has 7 heteroatoms. The first kappa shape index (κ1) is 22.6. The van der Waals surface area contributed by atoms with Crippen LogP contribution in [0.25, 0.3) is 0 Å². The lowest BCUT2D eigenvalue weighted by molar-refractivity contribution is 0.0569. The largest absolute Gasteiger partial charge is 0.381 e. The van der Waals surface area contributed by atoms with Crippen molar-refractivity contribution >= 4 is 33.2 Å². The Morgan fingerprint density at radius 1 is 1.00 bits per heavy atom. The Morgan fingerprint density at radius 3 is 2.17 bits per heavy atom. The Labute approximate surface area is 183 Å². The summed E-state index contributed by atoms with van der Waals surface area (Å²) in [5.74, 6) is 0. The van der Waals surface area contributed by atoms with Crippen LogP contribution in [-0.4, -0.2) is 32.0 Å². The standard InChI is InChI=1S/C22H27Cl2NO3S/c1-22(2,3)17-5-7-19(8-6-17)29(26,27)25(18-10-12-28-13-11-18)15-16-4-9-20(23)21(24)14-16/h4-9,14,18H,10-13,15H2,1-3H3. The molecule has 0 spiro atoms. The van der Waals surface area contributed by atoms with Crippen LogP contribution in [0.3, 0.4) is 0 Å². The molecule has 3 rings (SSSR count). The quantitative estimate of drug-likeness (QED) is 0.583. The predicted molar refractivity (Wildman–Crippen MR) is 118 cm³/mol. The molecule has 29 heavy (non-hydrogen) atoms. The molecular weight excluding hydrogens is 429 g/mol. The number of sulfonamides is 1. The fourth-order valence-electron chi connectivity index (χ4n) is 3.46. The van der Waals surface area contributed by atoms with Gasteiger partial charge in [-0.15, -0.1) is 0 Å². The van der Waals surface area contributed by atoms with E-state index in [1.165, 1.54) is 0 Å². The number of rotatable bonds is 5. The van der Waals surface area contributed by atoms with Crippen LogP contribution in [0.4, 0.5) is 0 Å². The van der Waals surface area contributed by atoms with Gasteiger partial charge in [-0.05, 0) is 53.6 Å². The van der Waals surface area contributed by atoms with Crippen molar-refractivity contribution in [1.82, 2.24) is 4.31 Å². The third-order valence-electron chi connectivity index (χ3n) is 5.25. The van der Waals surface area contributed by atoms with Crippen LogP contribution in [-0.2, 0) is 26.7 Å². The molecule has 1 aliphatic heterocycles. The van der Waals surface area contributed by atoms with Gasteiger partial charge in [-0.1, -0.05) is 62.2 Å².